The molecule has 19 heavy (non-hydrogen) atoms. The molecule has 112 valence electrons. The molecule has 0 radical (unpaired) electrons. The van der Waals surface area contributed by atoms with Crippen molar-refractivity contribution in [2.75, 3.05) is 40.4 Å². The lowest BCUT2D eigenvalue weighted by atomic mass is 9.78. The van der Waals surface area contributed by atoms with Crippen LogP contribution in [0.2, 0.25) is 0 Å². The molecule has 0 bridgehead atoms. The van der Waals surface area contributed by atoms with Gasteiger partial charge in [-0.3, -0.25) is 4.79 Å². The van der Waals surface area contributed by atoms with Crippen molar-refractivity contribution in [2.24, 2.45) is 17.6 Å². The molecule has 3 unspecified atom stereocenters. The van der Waals surface area contributed by atoms with E-state index < -0.39 is 0 Å². The monoisotopic (exact) mass is 271 g/mol. The number of amides is 1. The Balaban J connectivity index is 2.23. The summed E-state index contributed by atoms with van der Waals surface area (Å²) in [5.41, 5.74) is 6.13. The number of hydrogen-bond acceptors (Lipinski definition) is 4. The van der Waals surface area contributed by atoms with Crippen LogP contribution in [-0.4, -0.2) is 57.2 Å². The Bertz CT molecular complexity index is 273. The highest BCUT2D eigenvalue weighted by Gasteiger charge is 2.32. The van der Waals surface area contributed by atoms with Crippen LogP contribution in [0.3, 0.4) is 0 Å². The minimum atomic E-state index is -0.00645. The summed E-state index contributed by atoms with van der Waals surface area (Å²) >= 11 is 0. The maximum absolute atomic E-state index is 12.1. The van der Waals surface area contributed by atoms with Crippen LogP contribution in [0.4, 0.5) is 0 Å². The van der Waals surface area contributed by atoms with Gasteiger partial charge in [-0.25, -0.2) is 0 Å². The van der Waals surface area contributed by atoms with E-state index in [4.69, 9.17) is 10.5 Å². The van der Waals surface area contributed by atoms with Crippen molar-refractivity contribution in [3.05, 3.63) is 0 Å². The van der Waals surface area contributed by atoms with E-state index in [9.17, 15) is 4.79 Å². The first-order valence-electron chi connectivity index (χ1n) is 7.27. The van der Waals surface area contributed by atoms with Crippen LogP contribution < -0.4 is 11.1 Å². The lowest BCUT2D eigenvalue weighted by molar-refractivity contribution is -0.127. The Morgan fingerprint density at radius 2 is 2.16 bits per heavy atom. The highest BCUT2D eigenvalue weighted by molar-refractivity contribution is 5.79. The van der Waals surface area contributed by atoms with Gasteiger partial charge in [0.05, 0.1) is 12.5 Å². The van der Waals surface area contributed by atoms with E-state index >= 15 is 0 Å². The van der Waals surface area contributed by atoms with Crippen molar-refractivity contribution in [1.29, 1.82) is 0 Å². The molecule has 0 heterocycles. The van der Waals surface area contributed by atoms with Crippen molar-refractivity contribution in [1.82, 2.24) is 10.2 Å². The molecule has 1 rings (SSSR count). The molecule has 1 aliphatic carbocycles. The van der Waals surface area contributed by atoms with Crippen LogP contribution in [0, 0.1) is 11.8 Å². The van der Waals surface area contributed by atoms with E-state index in [0.717, 1.165) is 39.0 Å². The average Bonchev–Trinajstić information content (AvgIpc) is 2.39. The number of carbonyl (C=O) groups excluding carboxylic acids is 1. The number of rotatable bonds is 7. The number of hydrogen-bond donors (Lipinski definition) is 2. The zero-order valence-corrected chi connectivity index (χ0v) is 12.5. The van der Waals surface area contributed by atoms with Crippen molar-refractivity contribution in [2.45, 2.75) is 32.2 Å². The van der Waals surface area contributed by atoms with Crippen LogP contribution in [0.1, 0.15) is 26.2 Å². The summed E-state index contributed by atoms with van der Waals surface area (Å²) in [7, 11) is 3.72. The molecule has 5 heteroatoms. The predicted octanol–water partition coefficient (Wildman–Crippen LogP) is 0.444. The third-order valence-electron chi connectivity index (χ3n) is 4.10. The van der Waals surface area contributed by atoms with Crippen LogP contribution in [0.25, 0.3) is 0 Å². The average molecular weight is 271 g/mol. The quantitative estimate of drug-likeness (QED) is 0.705. The van der Waals surface area contributed by atoms with Gasteiger partial charge < -0.3 is 20.7 Å². The van der Waals surface area contributed by atoms with Crippen molar-refractivity contribution >= 4 is 5.91 Å². The van der Waals surface area contributed by atoms with Gasteiger partial charge in [0.25, 0.3) is 0 Å². The van der Waals surface area contributed by atoms with Gasteiger partial charge in [0, 0.05) is 32.8 Å². The summed E-state index contributed by atoms with van der Waals surface area (Å²) in [4.78, 5) is 14.3. The summed E-state index contributed by atoms with van der Waals surface area (Å²) < 4.78 is 5.02. The largest absolute Gasteiger partial charge is 0.383 e. The molecule has 0 aromatic carbocycles. The van der Waals surface area contributed by atoms with Gasteiger partial charge in [-0.05, 0) is 25.8 Å². The predicted molar refractivity (Wildman–Crippen MR) is 76.9 cm³/mol. The number of nitrogens with zero attached hydrogens (tertiary/aromatic N) is 1. The second kappa shape index (κ2) is 8.51. The molecule has 1 saturated carbocycles. The summed E-state index contributed by atoms with van der Waals surface area (Å²) in [6, 6.07) is 0.0139. The summed E-state index contributed by atoms with van der Waals surface area (Å²) in [6.07, 6.45) is 3.18. The van der Waals surface area contributed by atoms with Gasteiger partial charge in [0.1, 0.15) is 0 Å². The van der Waals surface area contributed by atoms with Gasteiger partial charge in [-0.15, -0.1) is 0 Å². The Kier molecular flexibility index (Phi) is 7.34. The van der Waals surface area contributed by atoms with Crippen molar-refractivity contribution in [3.63, 3.8) is 0 Å². The van der Waals surface area contributed by atoms with Crippen LogP contribution in [-0.2, 0) is 9.53 Å². The van der Waals surface area contributed by atoms with Crippen LogP contribution in [0.5, 0.6) is 0 Å². The van der Waals surface area contributed by atoms with Crippen LogP contribution in [0.15, 0.2) is 0 Å². The van der Waals surface area contributed by atoms with Gasteiger partial charge in [0.2, 0.25) is 5.91 Å². The van der Waals surface area contributed by atoms with Gasteiger partial charge in [-0.2, -0.15) is 0 Å². The Hall–Kier alpha value is -0.650. The van der Waals surface area contributed by atoms with E-state index in [1.165, 1.54) is 0 Å². The maximum atomic E-state index is 12.1. The lowest BCUT2D eigenvalue weighted by Crippen LogP contribution is -2.48. The smallest absolute Gasteiger partial charge is 0.224 e. The molecule has 0 saturated heterocycles. The maximum Gasteiger partial charge on any atom is 0.224 e. The van der Waals surface area contributed by atoms with E-state index in [2.05, 4.69) is 17.1 Å². The fraction of sp³-hybridized carbons (Fsp3) is 0.929. The Morgan fingerprint density at radius 1 is 1.42 bits per heavy atom. The molecule has 1 fully saturated rings. The minimum Gasteiger partial charge on any atom is -0.383 e. The number of likely N-dealkylation sites (N-methyl/N-ethyl adjacent to an activating group) is 1. The third-order valence-corrected chi connectivity index (χ3v) is 4.10. The number of nitrogens with one attached hydrogen (secondary N) is 1. The molecule has 1 aliphatic rings. The topological polar surface area (TPSA) is 67.6 Å². The second-order valence-electron chi connectivity index (χ2n) is 5.68. The first-order chi connectivity index (χ1) is 9.06. The van der Waals surface area contributed by atoms with Crippen molar-refractivity contribution < 1.29 is 9.53 Å². The third kappa shape index (κ3) is 5.47. The number of methoxy groups -OCH3 is 1. The fourth-order valence-corrected chi connectivity index (χ4v) is 2.61. The molecule has 5 nitrogen and oxygen atoms in total. The molecular weight excluding hydrogens is 242 g/mol. The molecule has 0 aliphatic heterocycles. The highest BCUT2D eigenvalue weighted by atomic mass is 16.5. The lowest BCUT2D eigenvalue weighted by Gasteiger charge is -2.33. The first kappa shape index (κ1) is 16.4. The molecular formula is C14H29N3O2. The molecule has 0 aromatic heterocycles. The first-order valence-corrected chi connectivity index (χ1v) is 7.27. The molecule has 3 N–H and O–H groups in total. The van der Waals surface area contributed by atoms with Gasteiger partial charge in [0.15, 0.2) is 0 Å². The SMILES string of the molecule is COCCN(C)CCNC(=O)C1CCCC(C)C1N. The van der Waals surface area contributed by atoms with Gasteiger partial charge >= 0.3 is 0 Å². The van der Waals surface area contributed by atoms with Crippen LogP contribution >= 0.6 is 0 Å². The minimum absolute atomic E-state index is 0.00645. The highest BCUT2D eigenvalue weighted by Crippen LogP contribution is 2.27. The van der Waals surface area contributed by atoms with Crippen molar-refractivity contribution in [3.8, 4) is 0 Å². The summed E-state index contributed by atoms with van der Waals surface area (Å²) in [5.74, 6) is 0.570. The molecule has 1 amide bonds. The van der Waals surface area contributed by atoms with E-state index in [-0.39, 0.29) is 17.9 Å². The normalized spacial score (nSPS) is 27.5. The molecule has 0 spiro atoms. The second-order valence-corrected chi connectivity index (χ2v) is 5.68. The van der Waals surface area contributed by atoms with Gasteiger partial charge in [-0.1, -0.05) is 13.3 Å². The zero-order chi connectivity index (χ0) is 14.3. The zero-order valence-electron chi connectivity index (χ0n) is 12.5. The number of nitrogens with two attached hydrogens (primary N) is 1. The molecule has 3 atom stereocenters. The Morgan fingerprint density at radius 3 is 2.84 bits per heavy atom. The summed E-state index contributed by atoms with van der Waals surface area (Å²) in [6.45, 7) is 5.26. The molecule has 0 aromatic rings. The number of ether oxygens (including phenoxy) is 1. The van der Waals surface area contributed by atoms with E-state index in [0.29, 0.717) is 12.5 Å². The standard InChI is InChI=1S/C14H29N3O2/c1-11-5-4-6-12(13(11)15)14(18)16-7-8-17(2)9-10-19-3/h11-13H,4-10,15H2,1-3H3,(H,16,18). The van der Waals surface area contributed by atoms with E-state index in [1.807, 2.05) is 7.05 Å². The fourth-order valence-electron chi connectivity index (χ4n) is 2.61. The Labute approximate surface area is 116 Å². The number of carbonyl (C=O) groups is 1. The summed E-state index contributed by atoms with van der Waals surface area (Å²) in [5, 5.41) is 3.01. The van der Waals surface area contributed by atoms with E-state index in [1.54, 1.807) is 7.11 Å².